The van der Waals surface area contributed by atoms with Crippen LogP contribution in [0, 0.1) is 0 Å². The van der Waals surface area contributed by atoms with Gasteiger partial charge in [-0.1, -0.05) is 25.5 Å². The molecule has 1 atom stereocenters. The lowest BCUT2D eigenvalue weighted by Crippen LogP contribution is -2.15. The second-order valence-corrected chi connectivity index (χ2v) is 5.35. The van der Waals surface area contributed by atoms with E-state index in [-0.39, 0.29) is 24.4 Å². The molecule has 0 N–H and O–H groups in total. The van der Waals surface area contributed by atoms with E-state index in [4.69, 9.17) is 4.74 Å². The zero-order valence-corrected chi connectivity index (χ0v) is 12.5. The molecule has 1 aromatic rings. The number of ether oxygens (including phenoxy) is 1. The van der Waals surface area contributed by atoms with Crippen molar-refractivity contribution in [2.75, 3.05) is 0 Å². The molecule has 5 heteroatoms. The van der Waals surface area contributed by atoms with Gasteiger partial charge in [-0.05, 0) is 43.9 Å². The van der Waals surface area contributed by atoms with Gasteiger partial charge >= 0.3 is 12.1 Å². The topological polar surface area (TPSA) is 26.3 Å². The molecule has 0 fully saturated rings. The Kier molecular flexibility index (Phi) is 6.24. The number of benzene rings is 1. The summed E-state index contributed by atoms with van der Waals surface area (Å²) in [6.07, 6.45) is -2.75. The SMILES string of the molecule is CCC[C@@H](CC(=O)OC(C)C)c1ccc(C(F)(F)F)cc1. The van der Waals surface area contributed by atoms with E-state index in [1.165, 1.54) is 12.1 Å². The summed E-state index contributed by atoms with van der Waals surface area (Å²) in [6.45, 7) is 5.51. The van der Waals surface area contributed by atoms with Gasteiger partial charge in [0.25, 0.3) is 0 Å². The number of carbonyl (C=O) groups is 1. The molecule has 0 amide bonds. The Morgan fingerprint density at radius 3 is 2.19 bits per heavy atom. The minimum Gasteiger partial charge on any atom is -0.463 e. The van der Waals surface area contributed by atoms with Crippen molar-refractivity contribution >= 4 is 5.97 Å². The number of hydrogen-bond acceptors (Lipinski definition) is 2. The van der Waals surface area contributed by atoms with Crippen LogP contribution >= 0.6 is 0 Å². The van der Waals surface area contributed by atoms with Gasteiger partial charge in [-0.3, -0.25) is 4.79 Å². The summed E-state index contributed by atoms with van der Waals surface area (Å²) in [4.78, 5) is 11.7. The maximum Gasteiger partial charge on any atom is 0.416 e. The zero-order chi connectivity index (χ0) is 16.0. The first-order valence-corrected chi connectivity index (χ1v) is 7.10. The van der Waals surface area contributed by atoms with Crippen molar-refractivity contribution in [1.82, 2.24) is 0 Å². The Labute approximate surface area is 123 Å². The second kappa shape index (κ2) is 7.48. The first-order valence-electron chi connectivity index (χ1n) is 7.10. The van der Waals surface area contributed by atoms with E-state index in [1.807, 2.05) is 6.92 Å². The van der Waals surface area contributed by atoms with Crippen molar-refractivity contribution in [3.63, 3.8) is 0 Å². The Hall–Kier alpha value is -1.52. The summed E-state index contributed by atoms with van der Waals surface area (Å²) in [5.74, 6) is -0.424. The highest BCUT2D eigenvalue weighted by Gasteiger charge is 2.30. The first-order chi connectivity index (χ1) is 9.74. The molecule has 0 unspecified atom stereocenters. The number of alkyl halides is 3. The number of esters is 1. The maximum absolute atomic E-state index is 12.5. The molecule has 0 heterocycles. The molecule has 1 aromatic carbocycles. The van der Waals surface area contributed by atoms with Gasteiger partial charge in [-0.2, -0.15) is 13.2 Å². The molecular formula is C16H21F3O2. The Morgan fingerprint density at radius 1 is 1.19 bits per heavy atom. The lowest BCUT2D eigenvalue weighted by atomic mass is 9.91. The standard InChI is InChI=1S/C16H21F3O2/c1-4-5-13(10-15(20)21-11(2)3)12-6-8-14(9-7-12)16(17,18)19/h6-9,11,13H,4-5,10H2,1-3H3/t13-/m0/s1. The minimum atomic E-state index is -4.34. The molecule has 0 radical (unpaired) electrons. The van der Waals surface area contributed by atoms with Crippen LogP contribution in [0.4, 0.5) is 13.2 Å². The number of carbonyl (C=O) groups excluding carboxylic acids is 1. The number of halogens is 3. The molecule has 0 saturated carbocycles. The van der Waals surface area contributed by atoms with E-state index < -0.39 is 11.7 Å². The third-order valence-electron chi connectivity index (χ3n) is 3.13. The van der Waals surface area contributed by atoms with Crippen LogP contribution in [0.5, 0.6) is 0 Å². The van der Waals surface area contributed by atoms with Gasteiger partial charge in [0.15, 0.2) is 0 Å². The third-order valence-corrected chi connectivity index (χ3v) is 3.13. The van der Waals surface area contributed by atoms with Crippen LogP contribution in [0.15, 0.2) is 24.3 Å². The van der Waals surface area contributed by atoms with Crippen molar-refractivity contribution in [2.24, 2.45) is 0 Å². The van der Waals surface area contributed by atoms with E-state index in [0.29, 0.717) is 0 Å². The average molecular weight is 302 g/mol. The van der Waals surface area contributed by atoms with E-state index in [1.54, 1.807) is 13.8 Å². The molecule has 0 aliphatic heterocycles. The van der Waals surface area contributed by atoms with Crippen LogP contribution in [0.1, 0.15) is 57.1 Å². The van der Waals surface area contributed by atoms with Crippen LogP contribution in [-0.2, 0) is 15.7 Å². The van der Waals surface area contributed by atoms with Crippen molar-refractivity contribution < 1.29 is 22.7 Å². The van der Waals surface area contributed by atoms with Crippen molar-refractivity contribution in [1.29, 1.82) is 0 Å². The van der Waals surface area contributed by atoms with E-state index >= 15 is 0 Å². The van der Waals surface area contributed by atoms with E-state index in [9.17, 15) is 18.0 Å². The highest BCUT2D eigenvalue weighted by Crippen LogP contribution is 2.32. The lowest BCUT2D eigenvalue weighted by molar-refractivity contribution is -0.148. The number of rotatable bonds is 6. The van der Waals surface area contributed by atoms with Crippen LogP contribution in [0.3, 0.4) is 0 Å². The van der Waals surface area contributed by atoms with Crippen molar-refractivity contribution in [2.45, 2.75) is 58.2 Å². The number of hydrogen-bond donors (Lipinski definition) is 0. The van der Waals surface area contributed by atoms with E-state index in [0.717, 1.165) is 30.5 Å². The van der Waals surface area contributed by atoms with Crippen LogP contribution in [-0.4, -0.2) is 12.1 Å². The third kappa shape index (κ3) is 5.78. The highest BCUT2D eigenvalue weighted by molar-refractivity contribution is 5.70. The summed E-state index contributed by atoms with van der Waals surface area (Å²) >= 11 is 0. The fourth-order valence-corrected chi connectivity index (χ4v) is 2.19. The normalized spacial score (nSPS) is 13.3. The predicted molar refractivity (Wildman–Crippen MR) is 74.9 cm³/mol. The predicted octanol–water partition coefficient (Wildman–Crippen LogP) is 4.93. The Balaban J connectivity index is 2.83. The first kappa shape index (κ1) is 17.5. The monoisotopic (exact) mass is 302 g/mol. The smallest absolute Gasteiger partial charge is 0.416 e. The molecule has 2 nitrogen and oxygen atoms in total. The summed E-state index contributed by atoms with van der Waals surface area (Å²) in [5.41, 5.74) is 0.0665. The molecule has 0 aromatic heterocycles. The molecule has 1 rings (SSSR count). The summed E-state index contributed by atoms with van der Waals surface area (Å²) in [6, 6.07) is 5.02. The molecule has 118 valence electrons. The van der Waals surface area contributed by atoms with Gasteiger partial charge < -0.3 is 4.74 Å². The summed E-state index contributed by atoms with van der Waals surface area (Å²) in [7, 11) is 0. The lowest BCUT2D eigenvalue weighted by Gasteiger charge is -2.18. The average Bonchev–Trinajstić information content (AvgIpc) is 2.36. The van der Waals surface area contributed by atoms with Gasteiger partial charge in [-0.25, -0.2) is 0 Å². The van der Waals surface area contributed by atoms with Gasteiger partial charge in [0.05, 0.1) is 18.1 Å². The summed E-state index contributed by atoms with van der Waals surface area (Å²) in [5, 5.41) is 0. The van der Waals surface area contributed by atoms with Crippen molar-refractivity contribution in [3.05, 3.63) is 35.4 Å². The molecular weight excluding hydrogens is 281 g/mol. The highest BCUT2D eigenvalue weighted by atomic mass is 19.4. The van der Waals surface area contributed by atoms with Gasteiger partial charge in [0.2, 0.25) is 0 Å². The van der Waals surface area contributed by atoms with Gasteiger partial charge in [-0.15, -0.1) is 0 Å². The van der Waals surface area contributed by atoms with Crippen LogP contribution in [0.25, 0.3) is 0 Å². The fourth-order valence-electron chi connectivity index (χ4n) is 2.19. The maximum atomic E-state index is 12.5. The molecule has 0 saturated heterocycles. The van der Waals surface area contributed by atoms with Gasteiger partial charge in [0, 0.05) is 0 Å². The largest absolute Gasteiger partial charge is 0.463 e. The zero-order valence-electron chi connectivity index (χ0n) is 12.5. The van der Waals surface area contributed by atoms with Crippen LogP contribution < -0.4 is 0 Å². The van der Waals surface area contributed by atoms with E-state index in [2.05, 4.69) is 0 Å². The second-order valence-electron chi connectivity index (χ2n) is 5.35. The molecule has 0 aliphatic rings. The Bertz CT molecular complexity index is 450. The minimum absolute atomic E-state index is 0.108. The molecule has 0 aliphatic carbocycles. The van der Waals surface area contributed by atoms with Crippen LogP contribution in [0.2, 0.25) is 0 Å². The van der Waals surface area contributed by atoms with Crippen molar-refractivity contribution in [3.8, 4) is 0 Å². The molecule has 0 bridgehead atoms. The van der Waals surface area contributed by atoms with Gasteiger partial charge in [0.1, 0.15) is 0 Å². The quantitative estimate of drug-likeness (QED) is 0.696. The molecule has 21 heavy (non-hydrogen) atoms. The Morgan fingerprint density at radius 2 is 1.76 bits per heavy atom. The summed E-state index contributed by atoms with van der Waals surface area (Å²) < 4.78 is 42.8. The molecule has 0 spiro atoms. The fraction of sp³-hybridized carbons (Fsp3) is 0.562.